The lowest BCUT2D eigenvalue weighted by Gasteiger charge is -2.23. The zero-order chi connectivity index (χ0) is 13.2. The van der Waals surface area contributed by atoms with Crippen LogP contribution in [0, 0.1) is 0 Å². The maximum atomic E-state index is 9.41. The molecule has 102 valence electrons. The van der Waals surface area contributed by atoms with E-state index in [0.29, 0.717) is 0 Å². The summed E-state index contributed by atoms with van der Waals surface area (Å²) in [5, 5.41) is 30.7. The molecule has 2 atom stereocenters. The number of unbranched alkanes of at least 4 members (excludes halogenated alkanes) is 1. The average Bonchev–Trinajstić information content (AvgIpc) is 2.43. The Kier molecular flexibility index (Phi) is 7.60. The van der Waals surface area contributed by atoms with Gasteiger partial charge in [-0.25, -0.2) is 0 Å². The van der Waals surface area contributed by atoms with Gasteiger partial charge in [0.05, 0.1) is 19.3 Å². The fraction of sp³-hybridized carbons (Fsp3) is 0.571. The second kappa shape index (κ2) is 9.05. The van der Waals surface area contributed by atoms with E-state index in [-0.39, 0.29) is 31.9 Å². The van der Waals surface area contributed by atoms with Crippen molar-refractivity contribution < 1.29 is 15.3 Å². The number of benzene rings is 1. The van der Waals surface area contributed by atoms with Gasteiger partial charge in [0.1, 0.15) is 0 Å². The molecule has 0 unspecified atom stereocenters. The largest absolute Gasteiger partial charge is 0.396 e. The van der Waals surface area contributed by atoms with Crippen LogP contribution in [0.5, 0.6) is 0 Å². The molecule has 0 spiro atoms. The van der Waals surface area contributed by atoms with Crippen molar-refractivity contribution in [2.75, 3.05) is 19.8 Å². The predicted octanol–water partition coefficient (Wildman–Crippen LogP) is 0.833. The van der Waals surface area contributed by atoms with Crippen LogP contribution >= 0.6 is 0 Å². The van der Waals surface area contributed by atoms with E-state index < -0.39 is 0 Å². The summed E-state index contributed by atoms with van der Waals surface area (Å²) in [7, 11) is 0. The summed E-state index contributed by atoms with van der Waals surface area (Å²) in [5.74, 6) is 0. The zero-order valence-corrected chi connectivity index (χ0v) is 10.6. The lowest BCUT2D eigenvalue weighted by atomic mass is 10.0. The van der Waals surface area contributed by atoms with Gasteiger partial charge in [-0.15, -0.1) is 0 Å². The van der Waals surface area contributed by atoms with Crippen LogP contribution in [0.3, 0.4) is 0 Å². The van der Waals surface area contributed by atoms with Crippen LogP contribution in [0.25, 0.3) is 0 Å². The van der Waals surface area contributed by atoms with Crippen LogP contribution in [0.2, 0.25) is 0 Å². The zero-order valence-electron chi connectivity index (χ0n) is 10.6. The molecule has 0 saturated heterocycles. The third-order valence-corrected chi connectivity index (χ3v) is 3.00. The third-order valence-electron chi connectivity index (χ3n) is 3.00. The van der Waals surface area contributed by atoms with Gasteiger partial charge in [-0.3, -0.25) is 0 Å². The molecule has 0 saturated carbocycles. The van der Waals surface area contributed by atoms with Gasteiger partial charge in [0.15, 0.2) is 0 Å². The van der Waals surface area contributed by atoms with Gasteiger partial charge in [-0.1, -0.05) is 30.3 Å². The number of rotatable bonds is 9. The van der Waals surface area contributed by atoms with Crippen molar-refractivity contribution in [3.63, 3.8) is 0 Å². The summed E-state index contributed by atoms with van der Waals surface area (Å²) in [6.07, 6.45) is 2.40. The first-order valence-electron chi connectivity index (χ1n) is 6.45. The topological polar surface area (TPSA) is 72.7 Å². The minimum Gasteiger partial charge on any atom is -0.396 e. The van der Waals surface area contributed by atoms with E-state index in [1.165, 1.54) is 0 Å². The monoisotopic (exact) mass is 253 g/mol. The maximum Gasteiger partial charge on any atom is 0.0626 e. The van der Waals surface area contributed by atoms with Crippen molar-refractivity contribution in [3.05, 3.63) is 35.9 Å². The summed E-state index contributed by atoms with van der Waals surface area (Å²) < 4.78 is 0. The minimum absolute atomic E-state index is 0.000509. The summed E-state index contributed by atoms with van der Waals surface area (Å²) >= 11 is 0. The highest BCUT2D eigenvalue weighted by molar-refractivity contribution is 5.19. The Labute approximate surface area is 108 Å². The highest BCUT2D eigenvalue weighted by Gasteiger charge is 2.15. The van der Waals surface area contributed by atoms with Crippen LogP contribution < -0.4 is 5.32 Å². The van der Waals surface area contributed by atoms with Crippen molar-refractivity contribution >= 4 is 0 Å². The molecule has 0 aliphatic rings. The second-order valence-corrected chi connectivity index (χ2v) is 4.41. The van der Waals surface area contributed by atoms with Gasteiger partial charge >= 0.3 is 0 Å². The van der Waals surface area contributed by atoms with Crippen molar-refractivity contribution in [2.24, 2.45) is 0 Å². The van der Waals surface area contributed by atoms with E-state index in [1.54, 1.807) is 0 Å². The van der Waals surface area contributed by atoms with Crippen LogP contribution in [-0.2, 0) is 0 Å². The van der Waals surface area contributed by atoms with Crippen molar-refractivity contribution in [3.8, 4) is 0 Å². The molecule has 0 radical (unpaired) electrons. The molecule has 18 heavy (non-hydrogen) atoms. The van der Waals surface area contributed by atoms with Crippen LogP contribution in [0.4, 0.5) is 0 Å². The highest BCUT2D eigenvalue weighted by Crippen LogP contribution is 2.14. The Morgan fingerprint density at radius 3 is 2.22 bits per heavy atom. The van der Waals surface area contributed by atoms with Gasteiger partial charge in [0, 0.05) is 12.6 Å². The summed E-state index contributed by atoms with van der Waals surface area (Å²) in [6.45, 7) is 0.218. The lowest BCUT2D eigenvalue weighted by molar-refractivity contribution is 0.184. The van der Waals surface area contributed by atoms with Gasteiger partial charge in [0.25, 0.3) is 0 Å². The fourth-order valence-corrected chi connectivity index (χ4v) is 1.95. The molecular weight excluding hydrogens is 230 g/mol. The number of aliphatic hydroxyl groups is 3. The molecule has 0 heterocycles. The summed E-state index contributed by atoms with van der Waals surface area (Å²) in [6, 6.07) is 9.50. The molecule has 4 heteroatoms. The number of hydrogen-bond donors (Lipinski definition) is 4. The predicted molar refractivity (Wildman–Crippen MR) is 71.2 cm³/mol. The quantitative estimate of drug-likeness (QED) is 0.492. The van der Waals surface area contributed by atoms with E-state index >= 15 is 0 Å². The lowest BCUT2D eigenvalue weighted by Crippen LogP contribution is -2.37. The van der Waals surface area contributed by atoms with E-state index in [1.807, 2.05) is 30.3 Å². The molecule has 4 nitrogen and oxygen atoms in total. The highest BCUT2D eigenvalue weighted by atomic mass is 16.3. The molecule has 0 aliphatic heterocycles. The molecular formula is C14H23NO3. The van der Waals surface area contributed by atoms with Crippen LogP contribution in [-0.4, -0.2) is 41.2 Å². The molecule has 1 aromatic rings. The van der Waals surface area contributed by atoms with E-state index in [9.17, 15) is 10.2 Å². The van der Waals surface area contributed by atoms with Crippen molar-refractivity contribution in [2.45, 2.75) is 31.3 Å². The Balaban J connectivity index is 2.50. The first-order chi connectivity index (χ1) is 8.81. The number of aliphatic hydroxyl groups excluding tert-OH is 3. The first-order valence-corrected chi connectivity index (χ1v) is 6.45. The first kappa shape index (κ1) is 15.1. The molecule has 0 bridgehead atoms. The Morgan fingerprint density at radius 2 is 1.67 bits per heavy atom. The standard InChI is InChI=1S/C14H23NO3/c16-9-5-4-8-13(10-17)15-14(11-18)12-6-2-1-3-7-12/h1-3,6-7,13-18H,4-5,8-11H2/t13-,14-/m0/s1. The molecule has 1 rings (SSSR count). The SMILES string of the molecule is OCCCC[C@@H](CO)N[C@@H](CO)c1ccccc1. The van der Waals surface area contributed by atoms with Crippen LogP contribution in [0.15, 0.2) is 30.3 Å². The molecule has 0 amide bonds. The number of nitrogens with one attached hydrogen (secondary N) is 1. The Bertz CT molecular complexity index is 305. The minimum atomic E-state index is -0.155. The molecule has 4 N–H and O–H groups in total. The third kappa shape index (κ3) is 5.14. The van der Waals surface area contributed by atoms with Crippen LogP contribution in [0.1, 0.15) is 30.9 Å². The fourth-order valence-electron chi connectivity index (χ4n) is 1.95. The smallest absolute Gasteiger partial charge is 0.0626 e. The molecule has 1 aromatic carbocycles. The van der Waals surface area contributed by atoms with E-state index in [0.717, 1.165) is 24.8 Å². The Hall–Kier alpha value is -0.940. The van der Waals surface area contributed by atoms with E-state index in [2.05, 4.69) is 5.32 Å². The molecule has 0 aliphatic carbocycles. The molecule has 0 fully saturated rings. The van der Waals surface area contributed by atoms with Gasteiger partial charge in [-0.2, -0.15) is 0 Å². The van der Waals surface area contributed by atoms with Crippen molar-refractivity contribution in [1.82, 2.24) is 5.32 Å². The average molecular weight is 253 g/mol. The maximum absolute atomic E-state index is 9.41. The molecule has 0 aromatic heterocycles. The summed E-state index contributed by atoms with van der Waals surface area (Å²) in [4.78, 5) is 0. The Morgan fingerprint density at radius 1 is 0.944 bits per heavy atom. The normalized spacial score (nSPS) is 14.4. The van der Waals surface area contributed by atoms with Crippen molar-refractivity contribution in [1.29, 1.82) is 0 Å². The summed E-state index contributed by atoms with van der Waals surface area (Å²) in [5.41, 5.74) is 1.01. The number of hydrogen-bond acceptors (Lipinski definition) is 4. The van der Waals surface area contributed by atoms with Gasteiger partial charge in [0.2, 0.25) is 0 Å². The van der Waals surface area contributed by atoms with E-state index in [4.69, 9.17) is 5.11 Å². The van der Waals surface area contributed by atoms with Gasteiger partial charge in [-0.05, 0) is 24.8 Å². The second-order valence-electron chi connectivity index (χ2n) is 4.41. The van der Waals surface area contributed by atoms with Gasteiger partial charge < -0.3 is 20.6 Å².